The minimum atomic E-state index is -0.374. The van der Waals surface area contributed by atoms with Crippen LogP contribution in [0.4, 0.5) is 0 Å². The van der Waals surface area contributed by atoms with Crippen LogP contribution >= 0.6 is 0 Å². The third kappa shape index (κ3) is 2.88. The first kappa shape index (κ1) is 12.6. The largest absolute Gasteiger partial charge is 0.369 e. The highest BCUT2D eigenvalue weighted by molar-refractivity contribution is 5.88. The molecule has 2 rings (SSSR count). The van der Waals surface area contributed by atoms with Gasteiger partial charge in [-0.3, -0.25) is 9.59 Å². The molecule has 1 aromatic carbocycles. The lowest BCUT2D eigenvalue weighted by atomic mass is 10.1. The van der Waals surface area contributed by atoms with Gasteiger partial charge in [0.2, 0.25) is 11.8 Å². The topological polar surface area (TPSA) is 63.4 Å². The number of carbonyl (C=O) groups excluding carboxylic acids is 2. The fraction of sp³-hybridized carbons (Fsp3) is 0.429. The highest BCUT2D eigenvalue weighted by Gasteiger charge is 2.32. The summed E-state index contributed by atoms with van der Waals surface area (Å²) in [7, 11) is 0. The van der Waals surface area contributed by atoms with Crippen molar-refractivity contribution in [3.63, 3.8) is 0 Å². The third-order valence-corrected chi connectivity index (χ3v) is 3.41. The van der Waals surface area contributed by atoms with E-state index in [1.807, 2.05) is 6.92 Å². The summed E-state index contributed by atoms with van der Waals surface area (Å²) in [6.45, 7) is 3.18. The van der Waals surface area contributed by atoms with Crippen molar-refractivity contribution in [2.45, 2.75) is 19.8 Å². The number of hydrogen-bond acceptors (Lipinski definition) is 2. The molecule has 4 nitrogen and oxygen atoms in total. The fourth-order valence-corrected chi connectivity index (χ4v) is 2.20. The van der Waals surface area contributed by atoms with Crippen molar-refractivity contribution >= 4 is 11.8 Å². The molecule has 2 amide bonds. The minimum absolute atomic E-state index is 0.0333. The van der Waals surface area contributed by atoms with Crippen molar-refractivity contribution in [3.05, 3.63) is 35.4 Å². The Morgan fingerprint density at radius 1 is 1.39 bits per heavy atom. The summed E-state index contributed by atoms with van der Waals surface area (Å²) in [4.78, 5) is 24.5. The van der Waals surface area contributed by atoms with Gasteiger partial charge in [0.15, 0.2) is 0 Å². The van der Waals surface area contributed by atoms with E-state index in [1.54, 1.807) is 4.90 Å². The zero-order valence-electron chi connectivity index (χ0n) is 10.6. The van der Waals surface area contributed by atoms with Gasteiger partial charge in [0.05, 0.1) is 5.92 Å². The molecular weight excluding hydrogens is 228 g/mol. The molecule has 1 fully saturated rings. The standard InChI is InChI=1S/C14H18N2O2/c1-10-2-4-11(5-3-10)6-7-16-9-12(14(15)18)8-13(16)17/h2-5,12H,6-9H2,1H3,(H2,15,18). The Hall–Kier alpha value is -1.84. The molecule has 2 N–H and O–H groups in total. The molecule has 0 saturated carbocycles. The lowest BCUT2D eigenvalue weighted by Gasteiger charge is -2.16. The van der Waals surface area contributed by atoms with Gasteiger partial charge in [-0.05, 0) is 18.9 Å². The number of nitrogens with zero attached hydrogens (tertiary/aromatic N) is 1. The molecule has 1 aliphatic heterocycles. The van der Waals surface area contributed by atoms with Crippen LogP contribution in [0, 0.1) is 12.8 Å². The normalized spacial score (nSPS) is 19.3. The molecule has 0 bridgehead atoms. The van der Waals surface area contributed by atoms with E-state index in [-0.39, 0.29) is 24.2 Å². The zero-order chi connectivity index (χ0) is 13.1. The summed E-state index contributed by atoms with van der Waals surface area (Å²) in [6.07, 6.45) is 1.08. The predicted octanol–water partition coefficient (Wildman–Crippen LogP) is 0.871. The van der Waals surface area contributed by atoms with E-state index in [2.05, 4.69) is 24.3 Å². The third-order valence-electron chi connectivity index (χ3n) is 3.41. The lowest BCUT2D eigenvalue weighted by molar-refractivity contribution is -0.128. The number of rotatable bonds is 4. The number of hydrogen-bond donors (Lipinski definition) is 1. The van der Waals surface area contributed by atoms with E-state index in [9.17, 15) is 9.59 Å². The van der Waals surface area contributed by atoms with Gasteiger partial charge < -0.3 is 10.6 Å². The van der Waals surface area contributed by atoms with E-state index in [1.165, 1.54) is 11.1 Å². The number of likely N-dealkylation sites (tertiary alicyclic amines) is 1. The van der Waals surface area contributed by atoms with Crippen LogP contribution in [0.25, 0.3) is 0 Å². The van der Waals surface area contributed by atoms with E-state index in [0.29, 0.717) is 13.1 Å². The fourth-order valence-electron chi connectivity index (χ4n) is 2.20. The molecule has 0 radical (unpaired) electrons. The molecular formula is C14H18N2O2. The number of amides is 2. The number of carbonyl (C=O) groups is 2. The summed E-state index contributed by atoms with van der Waals surface area (Å²) in [5, 5.41) is 0. The molecule has 0 spiro atoms. The van der Waals surface area contributed by atoms with Crippen molar-refractivity contribution in [2.75, 3.05) is 13.1 Å². The molecule has 1 aliphatic rings. The molecule has 18 heavy (non-hydrogen) atoms. The minimum Gasteiger partial charge on any atom is -0.369 e. The number of nitrogens with two attached hydrogens (primary N) is 1. The number of aryl methyl sites for hydroxylation is 1. The Balaban J connectivity index is 1.89. The number of benzene rings is 1. The number of primary amides is 1. The lowest BCUT2D eigenvalue weighted by Crippen LogP contribution is -2.30. The smallest absolute Gasteiger partial charge is 0.223 e. The van der Waals surface area contributed by atoms with Gasteiger partial charge in [0.1, 0.15) is 0 Å². The van der Waals surface area contributed by atoms with Gasteiger partial charge in [-0.1, -0.05) is 29.8 Å². The monoisotopic (exact) mass is 246 g/mol. The first-order valence-electron chi connectivity index (χ1n) is 6.19. The van der Waals surface area contributed by atoms with Crippen molar-refractivity contribution in [1.82, 2.24) is 4.90 Å². The van der Waals surface area contributed by atoms with Gasteiger partial charge in [0, 0.05) is 19.5 Å². The molecule has 1 heterocycles. The molecule has 1 aromatic rings. The Morgan fingerprint density at radius 3 is 2.61 bits per heavy atom. The Morgan fingerprint density at radius 2 is 2.06 bits per heavy atom. The van der Waals surface area contributed by atoms with Crippen LogP contribution in [-0.4, -0.2) is 29.8 Å². The summed E-state index contributed by atoms with van der Waals surface area (Å²) in [6, 6.07) is 8.27. The molecule has 1 saturated heterocycles. The Kier molecular flexibility index (Phi) is 3.65. The van der Waals surface area contributed by atoms with E-state index in [4.69, 9.17) is 5.73 Å². The van der Waals surface area contributed by atoms with Crippen LogP contribution < -0.4 is 5.73 Å². The van der Waals surface area contributed by atoms with Crippen molar-refractivity contribution < 1.29 is 9.59 Å². The quantitative estimate of drug-likeness (QED) is 0.856. The summed E-state index contributed by atoms with van der Waals surface area (Å²) in [5.41, 5.74) is 7.66. The second-order valence-corrected chi connectivity index (χ2v) is 4.88. The molecule has 1 unspecified atom stereocenters. The van der Waals surface area contributed by atoms with Gasteiger partial charge in [-0.2, -0.15) is 0 Å². The van der Waals surface area contributed by atoms with Crippen LogP contribution in [0.5, 0.6) is 0 Å². The van der Waals surface area contributed by atoms with E-state index in [0.717, 1.165) is 6.42 Å². The van der Waals surface area contributed by atoms with Crippen molar-refractivity contribution in [1.29, 1.82) is 0 Å². The SMILES string of the molecule is Cc1ccc(CCN2CC(C(N)=O)CC2=O)cc1. The highest BCUT2D eigenvalue weighted by atomic mass is 16.2. The average molecular weight is 246 g/mol. The molecule has 0 aliphatic carbocycles. The zero-order valence-corrected chi connectivity index (χ0v) is 10.6. The van der Waals surface area contributed by atoms with E-state index < -0.39 is 0 Å². The Bertz CT molecular complexity index is 453. The first-order chi connectivity index (χ1) is 8.56. The molecule has 96 valence electrons. The van der Waals surface area contributed by atoms with Crippen LogP contribution in [0.2, 0.25) is 0 Å². The maximum Gasteiger partial charge on any atom is 0.223 e. The second-order valence-electron chi connectivity index (χ2n) is 4.88. The van der Waals surface area contributed by atoms with Crippen LogP contribution in [-0.2, 0) is 16.0 Å². The molecule has 0 aromatic heterocycles. The summed E-state index contributed by atoms with van der Waals surface area (Å²) in [5.74, 6) is -0.650. The first-order valence-corrected chi connectivity index (χ1v) is 6.19. The van der Waals surface area contributed by atoms with Crippen LogP contribution in [0.3, 0.4) is 0 Å². The maximum atomic E-state index is 11.7. The highest BCUT2D eigenvalue weighted by Crippen LogP contribution is 2.17. The van der Waals surface area contributed by atoms with Gasteiger partial charge >= 0.3 is 0 Å². The molecule has 1 atom stereocenters. The van der Waals surface area contributed by atoms with Gasteiger partial charge in [0.25, 0.3) is 0 Å². The summed E-state index contributed by atoms with van der Waals surface area (Å²) >= 11 is 0. The van der Waals surface area contributed by atoms with Crippen molar-refractivity contribution in [3.8, 4) is 0 Å². The van der Waals surface area contributed by atoms with Gasteiger partial charge in [-0.25, -0.2) is 0 Å². The van der Waals surface area contributed by atoms with Crippen LogP contribution in [0.1, 0.15) is 17.5 Å². The second kappa shape index (κ2) is 5.21. The molecule has 4 heteroatoms. The van der Waals surface area contributed by atoms with Crippen LogP contribution in [0.15, 0.2) is 24.3 Å². The Labute approximate surface area is 107 Å². The van der Waals surface area contributed by atoms with E-state index >= 15 is 0 Å². The maximum absolute atomic E-state index is 11.7. The van der Waals surface area contributed by atoms with Gasteiger partial charge in [-0.15, -0.1) is 0 Å². The summed E-state index contributed by atoms with van der Waals surface area (Å²) < 4.78 is 0. The predicted molar refractivity (Wildman–Crippen MR) is 68.8 cm³/mol. The average Bonchev–Trinajstić information content (AvgIpc) is 2.70. The van der Waals surface area contributed by atoms with Crippen molar-refractivity contribution in [2.24, 2.45) is 11.7 Å².